The molecule has 0 aliphatic rings. The minimum Gasteiger partial charge on any atom is -0.485 e. The number of fused-ring (bicyclic) bond motifs is 1. The van der Waals surface area contributed by atoms with Gasteiger partial charge < -0.3 is 20.3 Å². The number of carbonyl (C=O) groups is 1. The fourth-order valence-electron chi connectivity index (χ4n) is 3.34. The number of hydrogen-bond acceptors (Lipinski definition) is 6. The van der Waals surface area contributed by atoms with Crippen LogP contribution in [0.3, 0.4) is 0 Å². The van der Waals surface area contributed by atoms with E-state index in [-0.39, 0.29) is 29.2 Å². The first-order valence-corrected chi connectivity index (χ1v) is 10.3. The summed E-state index contributed by atoms with van der Waals surface area (Å²) in [4.78, 5) is 20.0. The predicted molar refractivity (Wildman–Crippen MR) is 122 cm³/mol. The first kappa shape index (κ1) is 23.1. The van der Waals surface area contributed by atoms with Crippen LogP contribution in [0.5, 0.6) is 17.2 Å². The number of ether oxygens (including phenoxy) is 2. The van der Waals surface area contributed by atoms with Crippen LogP contribution < -0.4 is 15.2 Å². The van der Waals surface area contributed by atoms with E-state index >= 15 is 0 Å². The molecule has 0 saturated carbocycles. The number of aliphatic hydroxyl groups excluding tert-OH is 1. The quantitative estimate of drug-likeness (QED) is 0.413. The molecule has 0 saturated heterocycles. The van der Waals surface area contributed by atoms with Crippen LogP contribution in [-0.4, -0.2) is 33.2 Å². The summed E-state index contributed by atoms with van der Waals surface area (Å²) in [5.74, 6) is -2.69. The van der Waals surface area contributed by atoms with Crippen molar-refractivity contribution in [3.63, 3.8) is 0 Å². The molecular formula is C25H21F2N3O4. The van der Waals surface area contributed by atoms with E-state index < -0.39 is 28.9 Å². The molecule has 0 fully saturated rings. The third kappa shape index (κ3) is 4.65. The zero-order chi connectivity index (χ0) is 24.5. The van der Waals surface area contributed by atoms with Crippen LogP contribution in [0.15, 0.2) is 60.9 Å². The van der Waals surface area contributed by atoms with Gasteiger partial charge in [-0.15, -0.1) is 0 Å². The van der Waals surface area contributed by atoms with Crippen molar-refractivity contribution in [2.24, 2.45) is 5.73 Å². The van der Waals surface area contributed by atoms with Gasteiger partial charge in [0.25, 0.3) is 5.91 Å². The standard InChI is InChI=1S/C25H21F2N3O4/c1-25(2,13-31)34-15-5-6-16-20(12-15)29-9-7-21(16)33-23-18(26)10-14(11-19(23)27)22-17(24(28)32)4-3-8-30-22/h3-12,31H,13H2,1-2H3,(H2,28,32). The number of nitrogens with two attached hydrogens (primary N) is 1. The number of rotatable bonds is 7. The third-order valence-electron chi connectivity index (χ3n) is 5.01. The normalized spacial score (nSPS) is 11.4. The van der Waals surface area contributed by atoms with Crippen molar-refractivity contribution in [2.75, 3.05) is 6.61 Å². The lowest BCUT2D eigenvalue weighted by atomic mass is 10.0. The largest absolute Gasteiger partial charge is 0.485 e. The zero-order valence-corrected chi connectivity index (χ0v) is 18.4. The molecule has 4 rings (SSSR count). The summed E-state index contributed by atoms with van der Waals surface area (Å²) in [6, 6.07) is 11.4. The molecule has 7 nitrogen and oxygen atoms in total. The second kappa shape index (κ2) is 9.03. The Labute approximate surface area is 193 Å². The van der Waals surface area contributed by atoms with E-state index in [9.17, 15) is 18.7 Å². The highest BCUT2D eigenvalue weighted by atomic mass is 19.1. The summed E-state index contributed by atoms with van der Waals surface area (Å²) in [7, 11) is 0. The van der Waals surface area contributed by atoms with Gasteiger partial charge in [0.2, 0.25) is 0 Å². The van der Waals surface area contributed by atoms with E-state index in [4.69, 9.17) is 15.2 Å². The van der Waals surface area contributed by atoms with Crippen molar-refractivity contribution in [3.05, 3.63) is 78.1 Å². The predicted octanol–water partition coefficient (Wildman–Crippen LogP) is 4.62. The molecule has 34 heavy (non-hydrogen) atoms. The number of benzene rings is 2. The number of primary amides is 1. The fraction of sp³-hybridized carbons (Fsp3) is 0.160. The highest BCUT2D eigenvalue weighted by Gasteiger charge is 2.21. The van der Waals surface area contributed by atoms with Crippen molar-refractivity contribution in [2.45, 2.75) is 19.4 Å². The molecule has 1 amide bonds. The van der Waals surface area contributed by atoms with Crippen LogP contribution in [0.4, 0.5) is 8.78 Å². The number of aromatic nitrogens is 2. The van der Waals surface area contributed by atoms with Gasteiger partial charge in [0, 0.05) is 29.4 Å². The maximum atomic E-state index is 14.9. The van der Waals surface area contributed by atoms with Crippen molar-refractivity contribution >= 4 is 16.8 Å². The summed E-state index contributed by atoms with van der Waals surface area (Å²) < 4.78 is 41.2. The molecule has 2 heterocycles. The highest BCUT2D eigenvalue weighted by molar-refractivity contribution is 5.98. The maximum Gasteiger partial charge on any atom is 0.250 e. The van der Waals surface area contributed by atoms with Gasteiger partial charge in [-0.1, -0.05) is 0 Å². The molecule has 0 unspecified atom stereocenters. The summed E-state index contributed by atoms with van der Waals surface area (Å²) in [6.07, 6.45) is 2.83. The van der Waals surface area contributed by atoms with Gasteiger partial charge in [-0.3, -0.25) is 14.8 Å². The summed E-state index contributed by atoms with van der Waals surface area (Å²) in [5, 5.41) is 9.91. The van der Waals surface area contributed by atoms with E-state index in [1.54, 1.807) is 32.0 Å². The average Bonchev–Trinajstić information content (AvgIpc) is 2.81. The monoisotopic (exact) mass is 465 g/mol. The highest BCUT2D eigenvalue weighted by Crippen LogP contribution is 2.36. The average molecular weight is 465 g/mol. The lowest BCUT2D eigenvalue weighted by Crippen LogP contribution is -2.32. The molecule has 0 radical (unpaired) electrons. The molecule has 2 aromatic carbocycles. The Morgan fingerprint density at radius 3 is 2.47 bits per heavy atom. The molecule has 174 valence electrons. The minimum atomic E-state index is -0.981. The summed E-state index contributed by atoms with van der Waals surface area (Å²) in [6.45, 7) is 3.28. The Balaban J connectivity index is 1.69. The first-order valence-electron chi connectivity index (χ1n) is 10.3. The van der Waals surface area contributed by atoms with Crippen molar-refractivity contribution in [1.82, 2.24) is 9.97 Å². The van der Waals surface area contributed by atoms with Gasteiger partial charge in [0.1, 0.15) is 17.1 Å². The molecule has 0 aliphatic heterocycles. The number of carbonyl (C=O) groups excluding carboxylic acids is 1. The van der Waals surface area contributed by atoms with Gasteiger partial charge in [-0.2, -0.15) is 0 Å². The molecule has 0 spiro atoms. The second-order valence-corrected chi connectivity index (χ2v) is 8.14. The van der Waals surface area contributed by atoms with Gasteiger partial charge in [-0.25, -0.2) is 8.78 Å². The molecule has 9 heteroatoms. The molecular weight excluding hydrogens is 444 g/mol. The number of pyridine rings is 2. The molecule has 0 bridgehead atoms. The van der Waals surface area contributed by atoms with E-state index in [0.717, 1.165) is 12.1 Å². The lowest BCUT2D eigenvalue weighted by Gasteiger charge is -2.24. The van der Waals surface area contributed by atoms with Crippen LogP contribution in [-0.2, 0) is 0 Å². The lowest BCUT2D eigenvalue weighted by molar-refractivity contribution is 0.0413. The van der Waals surface area contributed by atoms with Gasteiger partial charge >= 0.3 is 0 Å². The first-order chi connectivity index (χ1) is 16.2. The Morgan fingerprint density at radius 1 is 1.06 bits per heavy atom. The van der Waals surface area contributed by atoms with E-state index in [1.165, 1.54) is 30.6 Å². The Hall–Kier alpha value is -4.11. The van der Waals surface area contributed by atoms with Crippen LogP contribution in [0.25, 0.3) is 22.2 Å². The van der Waals surface area contributed by atoms with Crippen molar-refractivity contribution in [1.29, 1.82) is 0 Å². The van der Waals surface area contributed by atoms with Crippen molar-refractivity contribution in [3.8, 4) is 28.5 Å². The SMILES string of the molecule is CC(C)(CO)Oc1ccc2c(Oc3c(F)cc(-c4ncccc4C(N)=O)cc3F)ccnc2c1. The third-order valence-corrected chi connectivity index (χ3v) is 5.01. The van der Waals surface area contributed by atoms with Crippen LogP contribution in [0.2, 0.25) is 0 Å². The van der Waals surface area contributed by atoms with E-state index in [2.05, 4.69) is 9.97 Å². The molecule has 0 aliphatic carbocycles. The molecule has 4 aromatic rings. The number of aliphatic hydroxyl groups is 1. The number of halogens is 2. The van der Waals surface area contributed by atoms with E-state index in [1.807, 2.05) is 0 Å². The topological polar surface area (TPSA) is 108 Å². The fourth-order valence-corrected chi connectivity index (χ4v) is 3.34. The smallest absolute Gasteiger partial charge is 0.250 e. The Morgan fingerprint density at radius 2 is 1.79 bits per heavy atom. The van der Waals surface area contributed by atoms with Gasteiger partial charge in [0.05, 0.1) is 23.4 Å². The van der Waals surface area contributed by atoms with Crippen molar-refractivity contribution < 1.29 is 28.2 Å². The summed E-state index contributed by atoms with van der Waals surface area (Å²) >= 11 is 0. The molecule has 0 atom stereocenters. The van der Waals surface area contributed by atoms with Gasteiger partial charge in [-0.05, 0) is 56.3 Å². The van der Waals surface area contributed by atoms with E-state index in [0.29, 0.717) is 16.7 Å². The number of nitrogens with zero attached hydrogens (tertiary/aromatic N) is 2. The number of amides is 1. The molecule has 2 aromatic heterocycles. The van der Waals surface area contributed by atoms with Crippen LogP contribution in [0.1, 0.15) is 24.2 Å². The number of hydrogen-bond donors (Lipinski definition) is 2. The van der Waals surface area contributed by atoms with Crippen LogP contribution in [0, 0.1) is 11.6 Å². The minimum absolute atomic E-state index is 0.0393. The molecule has 3 N–H and O–H groups in total. The zero-order valence-electron chi connectivity index (χ0n) is 18.4. The second-order valence-electron chi connectivity index (χ2n) is 8.14. The summed E-state index contributed by atoms with van der Waals surface area (Å²) in [5.41, 5.74) is 5.17. The van der Waals surface area contributed by atoms with Crippen LogP contribution >= 0.6 is 0 Å². The Kier molecular flexibility index (Phi) is 6.12. The Bertz CT molecular complexity index is 1370. The maximum absolute atomic E-state index is 14.9. The van der Waals surface area contributed by atoms with Gasteiger partial charge in [0.15, 0.2) is 17.4 Å².